The third-order valence-corrected chi connectivity index (χ3v) is 1.99. The molecule has 0 bridgehead atoms. The average molecular weight is 213 g/mol. The lowest BCUT2D eigenvalue weighted by atomic mass is 10.2. The van der Waals surface area contributed by atoms with Gasteiger partial charge < -0.3 is 5.73 Å². The second kappa shape index (κ2) is 3.94. The van der Waals surface area contributed by atoms with Crippen molar-refractivity contribution in [1.82, 2.24) is 14.8 Å². The van der Waals surface area contributed by atoms with Gasteiger partial charge >= 0.3 is 0 Å². The third kappa shape index (κ3) is 1.86. The highest BCUT2D eigenvalue weighted by Gasteiger charge is 2.04. The third-order valence-electron chi connectivity index (χ3n) is 1.99. The van der Waals surface area contributed by atoms with E-state index in [1.54, 1.807) is 10.9 Å². The standard InChI is InChI=1S/C9H12N4.ClH/c1-6(10)8-3-9-7(4-11-8)5-13(2)12-9;/h3-6H,10H2,1-2H3;1H. The Morgan fingerprint density at radius 2 is 2.21 bits per heavy atom. The first-order valence-corrected chi connectivity index (χ1v) is 4.21. The van der Waals surface area contributed by atoms with Crippen molar-refractivity contribution in [3.05, 3.63) is 24.2 Å². The largest absolute Gasteiger partial charge is 0.323 e. The van der Waals surface area contributed by atoms with E-state index in [4.69, 9.17) is 5.73 Å². The summed E-state index contributed by atoms with van der Waals surface area (Å²) in [5.41, 5.74) is 7.54. The van der Waals surface area contributed by atoms with Crippen LogP contribution in [0.3, 0.4) is 0 Å². The quantitative estimate of drug-likeness (QED) is 0.778. The number of rotatable bonds is 1. The molecule has 0 fully saturated rings. The summed E-state index contributed by atoms with van der Waals surface area (Å²) < 4.78 is 1.78. The molecule has 2 aromatic heterocycles. The van der Waals surface area contributed by atoms with Gasteiger partial charge in [-0.25, -0.2) is 0 Å². The van der Waals surface area contributed by atoms with E-state index in [9.17, 15) is 0 Å². The van der Waals surface area contributed by atoms with Crippen LogP contribution in [0.5, 0.6) is 0 Å². The fraction of sp³-hybridized carbons (Fsp3) is 0.333. The highest BCUT2D eigenvalue weighted by Crippen LogP contribution is 2.14. The molecule has 5 heteroatoms. The summed E-state index contributed by atoms with van der Waals surface area (Å²) in [7, 11) is 1.89. The van der Waals surface area contributed by atoms with Gasteiger partial charge in [-0.1, -0.05) is 0 Å². The van der Waals surface area contributed by atoms with Gasteiger partial charge in [-0.15, -0.1) is 12.4 Å². The first-order chi connectivity index (χ1) is 6.16. The second-order valence-corrected chi connectivity index (χ2v) is 3.26. The summed E-state index contributed by atoms with van der Waals surface area (Å²) in [5, 5.41) is 5.33. The number of nitrogens with two attached hydrogens (primary N) is 1. The van der Waals surface area contributed by atoms with Gasteiger partial charge in [0, 0.05) is 30.9 Å². The van der Waals surface area contributed by atoms with Crippen LogP contribution < -0.4 is 5.73 Å². The van der Waals surface area contributed by atoms with Gasteiger partial charge in [0.2, 0.25) is 0 Å². The van der Waals surface area contributed by atoms with Gasteiger partial charge in [-0.05, 0) is 13.0 Å². The minimum atomic E-state index is -0.0357. The van der Waals surface area contributed by atoms with Crippen LogP contribution in [-0.4, -0.2) is 14.8 Å². The number of nitrogens with zero attached hydrogens (tertiary/aromatic N) is 3. The molecule has 0 spiro atoms. The van der Waals surface area contributed by atoms with Crippen molar-refractivity contribution in [3.8, 4) is 0 Å². The van der Waals surface area contributed by atoms with E-state index in [0.717, 1.165) is 16.6 Å². The number of aryl methyl sites for hydroxylation is 1. The first-order valence-electron chi connectivity index (χ1n) is 4.21. The van der Waals surface area contributed by atoms with Crippen molar-refractivity contribution in [3.63, 3.8) is 0 Å². The molecule has 4 nitrogen and oxygen atoms in total. The van der Waals surface area contributed by atoms with E-state index in [-0.39, 0.29) is 18.4 Å². The molecule has 0 saturated carbocycles. The predicted octanol–water partition coefficient (Wildman–Crippen LogP) is 1.41. The number of fused-ring (bicyclic) bond motifs is 1. The molecular weight excluding hydrogens is 200 g/mol. The molecule has 0 aliphatic heterocycles. The van der Waals surface area contributed by atoms with Crippen LogP contribution in [0, 0.1) is 0 Å². The van der Waals surface area contributed by atoms with Gasteiger partial charge in [-0.2, -0.15) is 5.10 Å². The lowest BCUT2D eigenvalue weighted by Crippen LogP contribution is -2.06. The average Bonchev–Trinajstić information content (AvgIpc) is 2.42. The number of aromatic nitrogens is 3. The van der Waals surface area contributed by atoms with E-state index in [2.05, 4.69) is 10.1 Å². The topological polar surface area (TPSA) is 56.7 Å². The van der Waals surface area contributed by atoms with E-state index in [1.807, 2.05) is 26.2 Å². The van der Waals surface area contributed by atoms with Crippen molar-refractivity contribution in [2.45, 2.75) is 13.0 Å². The smallest absolute Gasteiger partial charge is 0.0957 e. The molecule has 2 heterocycles. The predicted molar refractivity (Wildman–Crippen MR) is 58.4 cm³/mol. The molecule has 0 radical (unpaired) electrons. The summed E-state index contributed by atoms with van der Waals surface area (Å²) in [6.45, 7) is 1.91. The summed E-state index contributed by atoms with van der Waals surface area (Å²) in [4.78, 5) is 4.24. The van der Waals surface area contributed by atoms with Crippen LogP contribution in [0.2, 0.25) is 0 Å². The Morgan fingerprint density at radius 1 is 1.50 bits per heavy atom. The number of hydrogen-bond acceptors (Lipinski definition) is 3. The number of halogens is 1. The highest BCUT2D eigenvalue weighted by molar-refractivity contribution is 5.85. The second-order valence-electron chi connectivity index (χ2n) is 3.26. The van der Waals surface area contributed by atoms with Crippen molar-refractivity contribution in [2.75, 3.05) is 0 Å². The van der Waals surface area contributed by atoms with E-state index < -0.39 is 0 Å². The molecule has 2 aromatic rings. The van der Waals surface area contributed by atoms with Gasteiger partial charge in [0.05, 0.1) is 11.2 Å². The van der Waals surface area contributed by atoms with Gasteiger partial charge in [0.15, 0.2) is 0 Å². The number of hydrogen-bond donors (Lipinski definition) is 1. The molecular formula is C9H13ClN4. The van der Waals surface area contributed by atoms with Crippen molar-refractivity contribution in [1.29, 1.82) is 0 Å². The zero-order valence-corrected chi connectivity index (χ0v) is 8.95. The lowest BCUT2D eigenvalue weighted by Gasteiger charge is -2.02. The summed E-state index contributed by atoms with van der Waals surface area (Å²) in [6, 6.07) is 1.89. The Balaban J connectivity index is 0.000000980. The van der Waals surface area contributed by atoms with Crippen LogP contribution in [0.25, 0.3) is 10.9 Å². The summed E-state index contributed by atoms with van der Waals surface area (Å²) in [6.07, 6.45) is 3.74. The minimum absolute atomic E-state index is 0. The van der Waals surface area contributed by atoms with Crippen LogP contribution in [0.15, 0.2) is 18.5 Å². The molecule has 1 unspecified atom stereocenters. The van der Waals surface area contributed by atoms with Crippen LogP contribution in [0.1, 0.15) is 18.7 Å². The maximum absolute atomic E-state index is 5.71. The molecule has 0 aliphatic rings. The van der Waals surface area contributed by atoms with E-state index in [1.165, 1.54) is 0 Å². The minimum Gasteiger partial charge on any atom is -0.323 e. The van der Waals surface area contributed by atoms with Crippen molar-refractivity contribution < 1.29 is 0 Å². The van der Waals surface area contributed by atoms with Gasteiger partial charge in [0.25, 0.3) is 0 Å². The van der Waals surface area contributed by atoms with Crippen molar-refractivity contribution >= 4 is 23.3 Å². The first kappa shape index (κ1) is 10.9. The lowest BCUT2D eigenvalue weighted by molar-refractivity contribution is 0.773. The Bertz CT molecular complexity index is 435. The fourth-order valence-electron chi connectivity index (χ4n) is 1.31. The van der Waals surface area contributed by atoms with E-state index in [0.29, 0.717) is 0 Å². The zero-order chi connectivity index (χ0) is 9.42. The Labute approximate surface area is 88.5 Å². The summed E-state index contributed by atoms with van der Waals surface area (Å²) >= 11 is 0. The summed E-state index contributed by atoms with van der Waals surface area (Å²) in [5.74, 6) is 0. The van der Waals surface area contributed by atoms with Gasteiger partial charge in [-0.3, -0.25) is 9.67 Å². The molecule has 0 saturated heterocycles. The molecule has 76 valence electrons. The number of pyridine rings is 1. The maximum Gasteiger partial charge on any atom is 0.0957 e. The fourth-order valence-corrected chi connectivity index (χ4v) is 1.31. The van der Waals surface area contributed by atoms with Gasteiger partial charge in [0.1, 0.15) is 0 Å². The highest BCUT2D eigenvalue weighted by atomic mass is 35.5. The Morgan fingerprint density at radius 3 is 2.86 bits per heavy atom. The van der Waals surface area contributed by atoms with E-state index >= 15 is 0 Å². The normalized spacial score (nSPS) is 12.5. The van der Waals surface area contributed by atoms with Crippen LogP contribution in [-0.2, 0) is 7.05 Å². The monoisotopic (exact) mass is 212 g/mol. The SMILES string of the molecule is CC(N)c1cc2nn(C)cc2cn1.Cl. The maximum atomic E-state index is 5.71. The molecule has 0 aromatic carbocycles. The molecule has 0 amide bonds. The molecule has 2 N–H and O–H groups in total. The molecule has 14 heavy (non-hydrogen) atoms. The Kier molecular flexibility index (Phi) is 3.08. The Hall–Kier alpha value is -1.13. The molecule has 0 aliphatic carbocycles. The molecule has 1 atom stereocenters. The van der Waals surface area contributed by atoms with Crippen LogP contribution in [0.4, 0.5) is 0 Å². The molecule has 2 rings (SSSR count). The zero-order valence-electron chi connectivity index (χ0n) is 8.14. The van der Waals surface area contributed by atoms with Crippen LogP contribution >= 0.6 is 12.4 Å². The van der Waals surface area contributed by atoms with Crippen molar-refractivity contribution in [2.24, 2.45) is 12.8 Å².